The van der Waals surface area contributed by atoms with Gasteiger partial charge in [-0.15, -0.1) is 0 Å². The van der Waals surface area contributed by atoms with E-state index in [4.69, 9.17) is 25.1 Å². The number of piperazine rings is 2. The van der Waals surface area contributed by atoms with Crippen molar-refractivity contribution < 1.29 is 67.3 Å². The van der Waals surface area contributed by atoms with E-state index in [9.17, 15) is 52.8 Å². The number of sulfonamides is 2. The zero-order chi connectivity index (χ0) is 60.9. The van der Waals surface area contributed by atoms with E-state index in [0.717, 1.165) is 24.3 Å². The number of ether oxygens (including phenoxy) is 2. The third-order valence-corrected chi connectivity index (χ3v) is 16.4. The van der Waals surface area contributed by atoms with Crippen molar-refractivity contribution in [2.24, 2.45) is 0 Å². The number of nitrogens with zero attached hydrogens (tertiary/aromatic N) is 9. The molecule has 2 saturated heterocycles. The molecule has 2 aliphatic rings. The quantitative estimate of drug-likeness (QED) is 0.108. The zero-order valence-corrected chi connectivity index (χ0v) is 45.8. The van der Waals surface area contributed by atoms with Crippen molar-refractivity contribution in [2.75, 3.05) is 52.4 Å². The summed E-state index contributed by atoms with van der Waals surface area (Å²) < 4.78 is 140. The molecule has 0 aliphatic carbocycles. The van der Waals surface area contributed by atoms with E-state index in [1.54, 1.807) is 91.0 Å². The largest absolute Gasteiger partial charge is 0.477 e. The monoisotopic (exact) mass is 1220 g/mol. The number of carbonyl (C=O) groups excluding carboxylic acids is 1. The molecule has 86 heavy (non-hydrogen) atoms. The third kappa shape index (κ3) is 16.4. The molecule has 0 bridgehead atoms. The maximum absolute atomic E-state index is 13.2. The Hall–Kier alpha value is -9.64. The Labute approximate surface area is 490 Å². The predicted molar refractivity (Wildman–Crippen MR) is 300 cm³/mol. The lowest BCUT2D eigenvalue weighted by molar-refractivity contribution is -0.138. The SMILES string of the molecule is C.N#Cc1cccc(S(=O)(=O)N2CCN(C(=O)c3cccc(-c4ccc(Oc5ccc(C(F)(F)F)cn5)cc4)n3)CC2)c1.N#Cc1cccc(S(=O)(=O)N2CCNCC2)c1.O=C(O)c1cccc(-c2ccc(Oc3ccc(C(F)(F)F)cn3)cc2)n1. The van der Waals surface area contributed by atoms with E-state index in [-0.39, 0.29) is 78.0 Å². The number of amides is 1. The van der Waals surface area contributed by atoms with Crippen molar-refractivity contribution in [1.82, 2.24) is 38.8 Å². The summed E-state index contributed by atoms with van der Waals surface area (Å²) in [5.41, 5.74) is 1.33. The zero-order valence-electron chi connectivity index (χ0n) is 44.1. The van der Waals surface area contributed by atoms with Crippen LogP contribution in [0.5, 0.6) is 23.3 Å². The van der Waals surface area contributed by atoms with E-state index in [2.05, 4.69) is 25.3 Å². The van der Waals surface area contributed by atoms with Crippen LogP contribution in [0.2, 0.25) is 0 Å². The number of nitriles is 2. The number of hydrogen-bond donors (Lipinski definition) is 2. The Morgan fingerprint density at radius 1 is 0.535 bits per heavy atom. The number of benzene rings is 4. The Morgan fingerprint density at radius 2 is 0.942 bits per heavy atom. The van der Waals surface area contributed by atoms with Gasteiger partial charge >= 0.3 is 18.3 Å². The van der Waals surface area contributed by atoms with Gasteiger partial charge in [-0.3, -0.25) is 4.79 Å². The van der Waals surface area contributed by atoms with Gasteiger partial charge in [0, 0.05) is 88.0 Å². The number of aromatic nitrogens is 4. The number of aromatic carboxylic acids is 1. The Balaban J connectivity index is 0.000000204. The number of nitrogens with one attached hydrogen (secondary N) is 1. The average molecular weight is 1220 g/mol. The highest BCUT2D eigenvalue weighted by Gasteiger charge is 2.33. The molecule has 1 amide bonds. The van der Waals surface area contributed by atoms with Crippen molar-refractivity contribution in [3.8, 4) is 57.9 Å². The van der Waals surface area contributed by atoms with Crippen LogP contribution in [0.15, 0.2) is 180 Å². The smallest absolute Gasteiger partial charge is 0.417 e. The highest BCUT2D eigenvalue weighted by molar-refractivity contribution is 7.89. The fourth-order valence-electron chi connectivity index (χ4n) is 8.20. The molecule has 0 radical (unpaired) electrons. The first-order valence-corrected chi connectivity index (χ1v) is 28.2. The number of carboxylic acid groups (broad SMARTS) is 1. The van der Waals surface area contributed by atoms with Gasteiger partial charge in [-0.05, 0) is 121 Å². The van der Waals surface area contributed by atoms with Crippen molar-refractivity contribution in [3.05, 3.63) is 204 Å². The van der Waals surface area contributed by atoms with Gasteiger partial charge in [0.2, 0.25) is 31.8 Å². The van der Waals surface area contributed by atoms with Gasteiger partial charge in [0.25, 0.3) is 5.91 Å². The molecule has 19 nitrogen and oxygen atoms in total. The average Bonchev–Trinajstić information content (AvgIpc) is 2.04. The van der Waals surface area contributed by atoms with Gasteiger partial charge in [-0.1, -0.05) is 31.7 Å². The molecule has 2 aliphatic heterocycles. The summed E-state index contributed by atoms with van der Waals surface area (Å²) in [5.74, 6) is -0.712. The van der Waals surface area contributed by atoms with Gasteiger partial charge < -0.3 is 24.8 Å². The van der Waals surface area contributed by atoms with Gasteiger partial charge in [-0.2, -0.15) is 45.5 Å². The molecule has 0 atom stereocenters. The molecule has 444 valence electrons. The second-order valence-corrected chi connectivity index (χ2v) is 22.1. The maximum atomic E-state index is 13.2. The summed E-state index contributed by atoms with van der Waals surface area (Å²) in [6.45, 7) is 2.81. The first-order chi connectivity index (χ1) is 40.5. The van der Waals surface area contributed by atoms with E-state index >= 15 is 0 Å². The fourth-order valence-corrected chi connectivity index (χ4v) is 11.2. The Kier molecular flexibility index (Phi) is 20.7. The maximum Gasteiger partial charge on any atom is 0.417 e. The summed E-state index contributed by atoms with van der Waals surface area (Å²) in [4.78, 5) is 41.8. The Morgan fingerprint density at radius 3 is 1.34 bits per heavy atom. The predicted octanol–water partition coefficient (Wildman–Crippen LogP) is 10.4. The summed E-state index contributed by atoms with van der Waals surface area (Å²) in [6, 6.07) is 42.6. The highest BCUT2D eigenvalue weighted by atomic mass is 32.2. The molecule has 4 aromatic heterocycles. The van der Waals surface area contributed by atoms with Gasteiger partial charge in [0.1, 0.15) is 22.9 Å². The lowest BCUT2D eigenvalue weighted by Crippen LogP contribution is -2.50. The second-order valence-electron chi connectivity index (χ2n) is 18.3. The van der Waals surface area contributed by atoms with Crippen LogP contribution in [-0.2, 0) is 32.4 Å². The molecule has 2 fully saturated rings. The number of pyridine rings is 4. The topological polar surface area (TPSA) is 262 Å². The van der Waals surface area contributed by atoms with Crippen LogP contribution in [0.1, 0.15) is 50.7 Å². The van der Waals surface area contributed by atoms with E-state index < -0.39 is 49.5 Å². The number of hydrogen-bond acceptors (Lipinski definition) is 15. The molecule has 0 unspecified atom stereocenters. The molecular weight excluding hydrogens is 1170 g/mol. The molecule has 6 heterocycles. The minimum atomic E-state index is -4.49. The molecule has 2 N–H and O–H groups in total. The van der Waals surface area contributed by atoms with Crippen LogP contribution in [0.25, 0.3) is 22.5 Å². The third-order valence-electron chi connectivity index (χ3n) is 12.6. The van der Waals surface area contributed by atoms with Crippen LogP contribution in [0.4, 0.5) is 26.3 Å². The van der Waals surface area contributed by atoms with Crippen LogP contribution in [0.3, 0.4) is 0 Å². The van der Waals surface area contributed by atoms with Gasteiger partial charge in [0.05, 0.1) is 55.6 Å². The van der Waals surface area contributed by atoms with Crippen molar-refractivity contribution in [3.63, 3.8) is 0 Å². The first kappa shape index (κ1) is 63.9. The fraction of sp³-hybridized carbons (Fsp3) is 0.186. The van der Waals surface area contributed by atoms with Crippen LogP contribution in [-0.4, -0.2) is 120 Å². The van der Waals surface area contributed by atoms with Crippen LogP contribution in [0, 0.1) is 22.7 Å². The first-order valence-electron chi connectivity index (χ1n) is 25.3. The number of alkyl halides is 6. The molecule has 4 aromatic carbocycles. The highest BCUT2D eigenvalue weighted by Crippen LogP contribution is 2.33. The molecular formula is C59H50F6N10O9S2. The lowest BCUT2D eigenvalue weighted by Gasteiger charge is -2.33. The second kappa shape index (κ2) is 27.8. The number of rotatable bonds is 12. The molecule has 10 rings (SSSR count). The lowest BCUT2D eigenvalue weighted by atomic mass is 10.1. The van der Waals surface area contributed by atoms with E-state index in [1.165, 1.54) is 56.0 Å². The minimum Gasteiger partial charge on any atom is -0.477 e. The summed E-state index contributed by atoms with van der Waals surface area (Å²) >= 11 is 0. The summed E-state index contributed by atoms with van der Waals surface area (Å²) in [7, 11) is -7.27. The molecule has 0 spiro atoms. The Bertz CT molecular complexity index is 3990. The number of halogens is 6. The van der Waals surface area contributed by atoms with E-state index in [0.29, 0.717) is 78.1 Å². The summed E-state index contributed by atoms with van der Waals surface area (Å²) in [5, 5.41) is 29.9. The van der Waals surface area contributed by atoms with Gasteiger partial charge in [0.15, 0.2) is 0 Å². The molecule has 8 aromatic rings. The number of carbonyl (C=O) groups is 2. The standard InChI is InChI=1S/C29H22F3N5O4S.C18H11F3N2O3.C11H13N3O2S.CH4/c30-29(31,32)22-9-12-27(34-19-22)41-23-10-7-21(8-11-23)25-5-2-6-26(35-25)28(38)36-13-15-37(16-14-36)42(39,40)24-4-1-3-20(17-24)18-33;19-18(20,21)12-6-9-16(22-10-12)26-13-7-4-11(5-8-13)14-2-1-3-15(23-14)17(24)25;12-9-10-2-1-3-11(8-10)17(15,16)14-6-4-13-5-7-14;/h1-12,17,19H,13-16H2;1-10H,(H,24,25);1-3,8,13H,4-7H2;1H4. The van der Waals surface area contributed by atoms with Gasteiger partial charge in [-0.25, -0.2) is 41.6 Å². The molecule has 27 heteroatoms. The minimum absolute atomic E-state index is 0. The molecule has 0 saturated carbocycles. The van der Waals surface area contributed by atoms with E-state index in [1.807, 2.05) is 12.1 Å². The van der Waals surface area contributed by atoms with Crippen molar-refractivity contribution in [1.29, 1.82) is 10.5 Å². The summed E-state index contributed by atoms with van der Waals surface area (Å²) in [6.07, 6.45) is -7.54. The number of carboxylic acids is 1. The van der Waals surface area contributed by atoms with Crippen molar-refractivity contribution >= 4 is 31.9 Å². The van der Waals surface area contributed by atoms with Crippen LogP contribution >= 0.6 is 0 Å². The van der Waals surface area contributed by atoms with Crippen LogP contribution < -0.4 is 14.8 Å². The normalized spacial score (nSPS) is 13.8. The van der Waals surface area contributed by atoms with Crippen molar-refractivity contribution in [2.45, 2.75) is 29.6 Å².